The van der Waals surface area contributed by atoms with Crippen LogP contribution in [0.3, 0.4) is 0 Å². The highest BCUT2D eigenvalue weighted by Gasteiger charge is 2.14. The molecule has 29 heavy (non-hydrogen) atoms. The SMILES string of the molecule is CN(C)c1ccc(/C=C(\C#N)C(=O)Nc2nc3ccc(S(C)(=O)=O)cc3s2)cc1. The normalized spacial score (nSPS) is 11.9. The van der Waals surface area contributed by atoms with E-state index in [1.807, 2.05) is 49.3 Å². The van der Waals surface area contributed by atoms with E-state index in [4.69, 9.17) is 0 Å². The lowest BCUT2D eigenvalue weighted by Gasteiger charge is -2.11. The number of nitrogens with one attached hydrogen (secondary N) is 1. The average molecular weight is 427 g/mol. The van der Waals surface area contributed by atoms with Crippen molar-refractivity contribution in [3.63, 3.8) is 0 Å². The summed E-state index contributed by atoms with van der Waals surface area (Å²) in [6.07, 6.45) is 2.64. The maximum Gasteiger partial charge on any atom is 0.268 e. The number of anilines is 2. The van der Waals surface area contributed by atoms with Gasteiger partial charge in [0.25, 0.3) is 5.91 Å². The zero-order chi connectivity index (χ0) is 21.2. The fourth-order valence-electron chi connectivity index (χ4n) is 2.54. The van der Waals surface area contributed by atoms with Gasteiger partial charge in [-0.25, -0.2) is 13.4 Å². The van der Waals surface area contributed by atoms with Crippen LogP contribution in [0.2, 0.25) is 0 Å². The smallest absolute Gasteiger partial charge is 0.268 e. The molecule has 0 fully saturated rings. The highest BCUT2D eigenvalue weighted by atomic mass is 32.2. The first-order valence-corrected chi connectivity index (χ1v) is 11.2. The van der Waals surface area contributed by atoms with Crippen molar-refractivity contribution in [1.29, 1.82) is 5.26 Å². The maximum absolute atomic E-state index is 12.5. The highest BCUT2D eigenvalue weighted by Crippen LogP contribution is 2.28. The molecular formula is C20H18N4O3S2. The minimum Gasteiger partial charge on any atom is -0.378 e. The third kappa shape index (κ3) is 4.80. The molecule has 148 valence electrons. The van der Waals surface area contributed by atoms with Crippen LogP contribution in [0, 0.1) is 11.3 Å². The van der Waals surface area contributed by atoms with Gasteiger partial charge < -0.3 is 4.90 Å². The van der Waals surface area contributed by atoms with Crippen LogP contribution in [0.5, 0.6) is 0 Å². The average Bonchev–Trinajstić information content (AvgIpc) is 3.07. The van der Waals surface area contributed by atoms with Crippen molar-refractivity contribution < 1.29 is 13.2 Å². The van der Waals surface area contributed by atoms with Gasteiger partial charge in [0.1, 0.15) is 11.6 Å². The largest absolute Gasteiger partial charge is 0.378 e. The van der Waals surface area contributed by atoms with E-state index < -0.39 is 15.7 Å². The molecule has 2 aromatic carbocycles. The number of carbonyl (C=O) groups excluding carboxylic acids is 1. The van der Waals surface area contributed by atoms with Crippen molar-refractivity contribution in [3.05, 3.63) is 53.6 Å². The van der Waals surface area contributed by atoms with Gasteiger partial charge in [-0.2, -0.15) is 5.26 Å². The first kappa shape index (κ1) is 20.5. The van der Waals surface area contributed by atoms with Crippen molar-refractivity contribution in [3.8, 4) is 6.07 Å². The minimum atomic E-state index is -3.33. The summed E-state index contributed by atoms with van der Waals surface area (Å²) in [4.78, 5) is 18.9. The number of fused-ring (bicyclic) bond motifs is 1. The number of hydrogen-bond donors (Lipinski definition) is 1. The van der Waals surface area contributed by atoms with E-state index in [-0.39, 0.29) is 10.5 Å². The molecule has 0 saturated heterocycles. The summed E-state index contributed by atoms with van der Waals surface area (Å²) >= 11 is 1.15. The van der Waals surface area contributed by atoms with Gasteiger partial charge in [0.2, 0.25) is 0 Å². The number of rotatable bonds is 5. The Labute approximate surface area is 172 Å². The molecule has 1 heterocycles. The summed E-state index contributed by atoms with van der Waals surface area (Å²) in [5.41, 5.74) is 2.25. The van der Waals surface area contributed by atoms with Crippen molar-refractivity contribution in [1.82, 2.24) is 4.98 Å². The third-order valence-corrected chi connectivity index (χ3v) is 6.14. The van der Waals surface area contributed by atoms with E-state index in [0.717, 1.165) is 28.8 Å². The number of nitriles is 1. The van der Waals surface area contributed by atoms with Crippen molar-refractivity contribution in [2.45, 2.75) is 4.90 Å². The highest BCUT2D eigenvalue weighted by molar-refractivity contribution is 7.90. The van der Waals surface area contributed by atoms with Gasteiger partial charge in [0.05, 0.1) is 15.1 Å². The molecule has 7 nitrogen and oxygen atoms in total. The van der Waals surface area contributed by atoms with Crippen LogP contribution in [0.15, 0.2) is 52.9 Å². The molecule has 0 aliphatic heterocycles. The van der Waals surface area contributed by atoms with E-state index >= 15 is 0 Å². The fourth-order valence-corrected chi connectivity index (χ4v) is 4.16. The summed E-state index contributed by atoms with van der Waals surface area (Å²) in [5.74, 6) is -0.577. The van der Waals surface area contributed by atoms with E-state index in [9.17, 15) is 18.5 Å². The van der Waals surface area contributed by atoms with Crippen molar-refractivity contribution in [2.75, 3.05) is 30.6 Å². The summed E-state index contributed by atoms with van der Waals surface area (Å²) in [7, 11) is 0.521. The van der Waals surface area contributed by atoms with Crippen LogP contribution in [-0.4, -0.2) is 39.7 Å². The van der Waals surface area contributed by atoms with Crippen molar-refractivity contribution >= 4 is 54.2 Å². The lowest BCUT2D eigenvalue weighted by molar-refractivity contribution is -0.112. The summed E-state index contributed by atoms with van der Waals surface area (Å²) in [6, 6.07) is 13.9. The monoisotopic (exact) mass is 426 g/mol. The predicted molar refractivity (Wildman–Crippen MR) is 116 cm³/mol. The molecule has 0 unspecified atom stereocenters. The Morgan fingerprint density at radius 2 is 1.90 bits per heavy atom. The van der Waals surface area contributed by atoms with E-state index in [1.165, 1.54) is 18.2 Å². The number of thiazole rings is 1. The molecule has 0 atom stereocenters. The maximum atomic E-state index is 12.5. The molecule has 9 heteroatoms. The molecule has 0 aliphatic carbocycles. The molecule has 0 aliphatic rings. The van der Waals surface area contributed by atoms with Crippen LogP contribution >= 0.6 is 11.3 Å². The lowest BCUT2D eigenvalue weighted by atomic mass is 10.1. The quantitative estimate of drug-likeness (QED) is 0.496. The van der Waals surface area contributed by atoms with Crippen LogP contribution in [-0.2, 0) is 14.6 Å². The Kier molecular flexibility index (Phi) is 5.68. The van der Waals surface area contributed by atoms with Gasteiger partial charge in [-0.3, -0.25) is 10.1 Å². The van der Waals surface area contributed by atoms with Crippen LogP contribution in [0.1, 0.15) is 5.56 Å². The van der Waals surface area contributed by atoms with Gasteiger partial charge in [-0.05, 0) is 42.0 Å². The number of amides is 1. The third-order valence-electron chi connectivity index (χ3n) is 4.09. The van der Waals surface area contributed by atoms with Crippen LogP contribution < -0.4 is 10.2 Å². The summed E-state index contributed by atoms with van der Waals surface area (Å²) in [6.45, 7) is 0. The Balaban J connectivity index is 1.83. The first-order valence-electron chi connectivity index (χ1n) is 8.48. The number of sulfone groups is 1. The van der Waals surface area contributed by atoms with Gasteiger partial charge in [-0.15, -0.1) is 0 Å². The molecule has 3 rings (SSSR count). The zero-order valence-electron chi connectivity index (χ0n) is 16.0. The minimum absolute atomic E-state index is 0.0568. The topological polar surface area (TPSA) is 103 Å². The van der Waals surface area contributed by atoms with Gasteiger partial charge >= 0.3 is 0 Å². The zero-order valence-corrected chi connectivity index (χ0v) is 17.6. The van der Waals surface area contributed by atoms with Crippen LogP contribution in [0.4, 0.5) is 10.8 Å². The second-order valence-corrected chi connectivity index (χ2v) is 9.58. The lowest BCUT2D eigenvalue weighted by Crippen LogP contribution is -2.13. The molecule has 0 saturated carbocycles. The first-order chi connectivity index (χ1) is 13.7. The summed E-state index contributed by atoms with van der Waals surface area (Å²) < 4.78 is 24.0. The predicted octanol–water partition coefficient (Wildman–Crippen LogP) is 3.31. The molecular weight excluding hydrogens is 408 g/mol. The van der Waals surface area contributed by atoms with E-state index in [2.05, 4.69) is 10.3 Å². The molecule has 0 radical (unpaired) electrons. The molecule has 0 spiro atoms. The van der Waals surface area contributed by atoms with E-state index in [1.54, 1.807) is 6.07 Å². The van der Waals surface area contributed by atoms with E-state index in [0.29, 0.717) is 15.3 Å². The standard InChI is InChI=1S/C20H18N4O3S2/c1-24(2)15-6-4-13(5-7-15)10-14(12-21)19(25)23-20-22-17-9-8-16(29(3,26)27)11-18(17)28-20/h4-11H,1-3H3,(H,22,23,25)/b14-10+. The molecule has 1 amide bonds. The number of carbonyl (C=O) groups is 1. The number of nitrogens with zero attached hydrogens (tertiary/aromatic N) is 3. The second-order valence-electron chi connectivity index (χ2n) is 6.53. The fraction of sp³-hybridized carbons (Fsp3) is 0.150. The second kappa shape index (κ2) is 8.03. The number of benzene rings is 2. The summed E-state index contributed by atoms with van der Waals surface area (Å²) in [5, 5.41) is 12.3. The van der Waals surface area contributed by atoms with Crippen molar-refractivity contribution in [2.24, 2.45) is 0 Å². The number of hydrogen-bond acceptors (Lipinski definition) is 7. The van der Waals surface area contributed by atoms with Gasteiger partial charge in [-0.1, -0.05) is 23.5 Å². The van der Waals surface area contributed by atoms with Gasteiger partial charge in [0.15, 0.2) is 15.0 Å². The van der Waals surface area contributed by atoms with Crippen LogP contribution in [0.25, 0.3) is 16.3 Å². The molecule has 3 aromatic rings. The Morgan fingerprint density at radius 1 is 1.21 bits per heavy atom. The van der Waals surface area contributed by atoms with Gasteiger partial charge in [0, 0.05) is 26.0 Å². The molecule has 1 N–H and O–H groups in total. The number of aromatic nitrogens is 1. The molecule has 1 aromatic heterocycles. The Bertz CT molecular complexity index is 1250. The Morgan fingerprint density at radius 3 is 2.48 bits per heavy atom. The molecule has 0 bridgehead atoms. The Hall–Kier alpha value is -3.22.